The van der Waals surface area contributed by atoms with Crippen LogP contribution in [0, 0.1) is 0 Å². The molecule has 0 amide bonds. The summed E-state index contributed by atoms with van der Waals surface area (Å²) in [4.78, 5) is 11.8. The summed E-state index contributed by atoms with van der Waals surface area (Å²) in [5.74, 6) is 0.620. The van der Waals surface area contributed by atoms with Gasteiger partial charge in [0.15, 0.2) is 5.78 Å². The minimum atomic E-state index is 0.281. The zero-order chi connectivity index (χ0) is 10.3. The molecule has 0 N–H and O–H groups in total. The Morgan fingerprint density at radius 1 is 1.36 bits per heavy atom. The largest absolute Gasteiger partial charge is 0.294 e. The maximum absolute atomic E-state index is 11.8. The average molecular weight is 192 g/mol. The predicted octanol–water partition coefficient (Wildman–Crippen LogP) is 2.06. The molecule has 0 bridgehead atoms. The SMILES string of the molecule is CC(C)c1nn(C)c2c1C(=O)CCC2. The lowest BCUT2D eigenvalue weighted by atomic mass is 9.91. The van der Waals surface area contributed by atoms with Crippen molar-refractivity contribution < 1.29 is 4.79 Å². The highest BCUT2D eigenvalue weighted by Gasteiger charge is 2.26. The number of rotatable bonds is 1. The predicted molar refractivity (Wildman–Crippen MR) is 54.6 cm³/mol. The third-order valence-electron chi connectivity index (χ3n) is 2.84. The molecule has 0 atom stereocenters. The van der Waals surface area contributed by atoms with Crippen molar-refractivity contribution in [2.24, 2.45) is 7.05 Å². The van der Waals surface area contributed by atoms with Gasteiger partial charge in [-0.1, -0.05) is 13.8 Å². The van der Waals surface area contributed by atoms with Gasteiger partial charge in [0, 0.05) is 19.2 Å². The lowest BCUT2D eigenvalue weighted by molar-refractivity contribution is 0.0970. The van der Waals surface area contributed by atoms with Crippen LogP contribution in [-0.4, -0.2) is 15.6 Å². The number of aryl methyl sites for hydroxylation is 1. The number of aromatic nitrogens is 2. The summed E-state index contributed by atoms with van der Waals surface area (Å²) in [6.45, 7) is 4.18. The summed E-state index contributed by atoms with van der Waals surface area (Å²) in [5.41, 5.74) is 3.02. The van der Waals surface area contributed by atoms with Gasteiger partial charge in [-0.05, 0) is 18.8 Å². The van der Waals surface area contributed by atoms with Crippen LogP contribution in [-0.2, 0) is 13.5 Å². The van der Waals surface area contributed by atoms with Gasteiger partial charge in [-0.15, -0.1) is 0 Å². The van der Waals surface area contributed by atoms with Gasteiger partial charge in [-0.3, -0.25) is 9.48 Å². The second-order valence-corrected chi connectivity index (χ2v) is 4.26. The van der Waals surface area contributed by atoms with Crippen LogP contribution in [0.15, 0.2) is 0 Å². The Kier molecular flexibility index (Phi) is 2.17. The van der Waals surface area contributed by atoms with Crippen LogP contribution in [0.2, 0.25) is 0 Å². The lowest BCUT2D eigenvalue weighted by Crippen LogP contribution is -2.13. The first-order valence-corrected chi connectivity index (χ1v) is 5.20. The molecule has 0 aliphatic heterocycles. The van der Waals surface area contributed by atoms with E-state index in [1.807, 2.05) is 11.7 Å². The maximum Gasteiger partial charge on any atom is 0.166 e. The molecule has 0 spiro atoms. The molecule has 2 rings (SSSR count). The molecule has 0 radical (unpaired) electrons. The standard InChI is InChI=1S/C11H16N2O/c1-7(2)11-10-8(13(3)12-11)5-4-6-9(10)14/h7H,4-6H2,1-3H3. The van der Waals surface area contributed by atoms with E-state index in [-0.39, 0.29) is 5.78 Å². The quantitative estimate of drug-likeness (QED) is 0.682. The molecule has 0 saturated carbocycles. The molecule has 1 heterocycles. The van der Waals surface area contributed by atoms with Crippen molar-refractivity contribution in [1.29, 1.82) is 0 Å². The zero-order valence-electron chi connectivity index (χ0n) is 9.00. The number of carbonyl (C=O) groups is 1. The minimum Gasteiger partial charge on any atom is -0.294 e. The molecule has 3 heteroatoms. The molecular weight excluding hydrogens is 176 g/mol. The van der Waals surface area contributed by atoms with E-state index in [0.717, 1.165) is 29.8 Å². The number of Topliss-reactive ketones (excluding diaryl/α,β-unsaturated/α-hetero) is 1. The Hall–Kier alpha value is -1.12. The van der Waals surface area contributed by atoms with Crippen molar-refractivity contribution in [2.75, 3.05) is 0 Å². The van der Waals surface area contributed by atoms with Crippen LogP contribution in [0.4, 0.5) is 0 Å². The number of hydrogen-bond donors (Lipinski definition) is 0. The van der Waals surface area contributed by atoms with Crippen molar-refractivity contribution in [1.82, 2.24) is 9.78 Å². The van der Waals surface area contributed by atoms with E-state index >= 15 is 0 Å². The highest BCUT2D eigenvalue weighted by molar-refractivity contribution is 5.99. The van der Waals surface area contributed by atoms with Crippen molar-refractivity contribution in [3.63, 3.8) is 0 Å². The smallest absolute Gasteiger partial charge is 0.166 e. The van der Waals surface area contributed by atoms with E-state index in [9.17, 15) is 4.79 Å². The van der Waals surface area contributed by atoms with E-state index in [2.05, 4.69) is 18.9 Å². The Morgan fingerprint density at radius 2 is 2.07 bits per heavy atom. The van der Waals surface area contributed by atoms with Crippen LogP contribution in [0.3, 0.4) is 0 Å². The maximum atomic E-state index is 11.8. The molecule has 76 valence electrons. The minimum absolute atomic E-state index is 0.281. The average Bonchev–Trinajstić information content (AvgIpc) is 2.46. The fraction of sp³-hybridized carbons (Fsp3) is 0.636. The van der Waals surface area contributed by atoms with Crippen LogP contribution in [0.25, 0.3) is 0 Å². The number of ketones is 1. The topological polar surface area (TPSA) is 34.9 Å². The molecule has 1 aliphatic rings. The summed E-state index contributed by atoms with van der Waals surface area (Å²) in [6, 6.07) is 0. The zero-order valence-corrected chi connectivity index (χ0v) is 9.00. The first kappa shape index (κ1) is 9.44. The van der Waals surface area contributed by atoms with E-state index in [4.69, 9.17) is 0 Å². The van der Waals surface area contributed by atoms with E-state index in [0.29, 0.717) is 12.3 Å². The second kappa shape index (κ2) is 3.23. The molecular formula is C11H16N2O. The summed E-state index contributed by atoms with van der Waals surface area (Å²) in [5, 5.41) is 4.44. The lowest BCUT2D eigenvalue weighted by Gasteiger charge is -2.12. The fourth-order valence-electron chi connectivity index (χ4n) is 2.12. The van der Waals surface area contributed by atoms with Crippen LogP contribution in [0.1, 0.15) is 54.4 Å². The fourth-order valence-corrected chi connectivity index (χ4v) is 2.12. The third kappa shape index (κ3) is 1.27. The van der Waals surface area contributed by atoms with Crippen LogP contribution in [0.5, 0.6) is 0 Å². The number of hydrogen-bond acceptors (Lipinski definition) is 2. The second-order valence-electron chi connectivity index (χ2n) is 4.26. The van der Waals surface area contributed by atoms with Crippen molar-refractivity contribution in [3.05, 3.63) is 17.0 Å². The summed E-state index contributed by atoms with van der Waals surface area (Å²) in [6.07, 6.45) is 2.67. The van der Waals surface area contributed by atoms with Gasteiger partial charge < -0.3 is 0 Å². The Morgan fingerprint density at radius 3 is 2.71 bits per heavy atom. The Bertz CT molecular complexity index is 377. The summed E-state index contributed by atoms with van der Waals surface area (Å²) < 4.78 is 1.88. The molecule has 0 saturated heterocycles. The van der Waals surface area contributed by atoms with Crippen LogP contribution >= 0.6 is 0 Å². The number of nitrogens with zero attached hydrogens (tertiary/aromatic N) is 2. The van der Waals surface area contributed by atoms with E-state index < -0.39 is 0 Å². The Labute approximate surface area is 84.1 Å². The number of carbonyl (C=O) groups excluding carboxylic acids is 1. The molecule has 1 aromatic heterocycles. The van der Waals surface area contributed by atoms with Crippen molar-refractivity contribution in [2.45, 2.75) is 39.0 Å². The van der Waals surface area contributed by atoms with Crippen molar-refractivity contribution in [3.8, 4) is 0 Å². The number of fused-ring (bicyclic) bond motifs is 1. The van der Waals surface area contributed by atoms with Gasteiger partial charge in [0.25, 0.3) is 0 Å². The summed E-state index contributed by atoms with van der Waals surface area (Å²) in [7, 11) is 1.93. The van der Waals surface area contributed by atoms with Gasteiger partial charge in [0.05, 0.1) is 11.3 Å². The summed E-state index contributed by atoms with van der Waals surface area (Å²) >= 11 is 0. The molecule has 1 aromatic rings. The van der Waals surface area contributed by atoms with Gasteiger partial charge >= 0.3 is 0 Å². The monoisotopic (exact) mass is 192 g/mol. The Balaban J connectivity index is 2.59. The molecule has 0 aromatic carbocycles. The first-order valence-electron chi connectivity index (χ1n) is 5.20. The highest BCUT2D eigenvalue weighted by Crippen LogP contribution is 2.27. The molecule has 3 nitrogen and oxygen atoms in total. The van der Waals surface area contributed by atoms with Crippen LogP contribution < -0.4 is 0 Å². The van der Waals surface area contributed by atoms with Gasteiger partial charge in [-0.25, -0.2) is 0 Å². The molecule has 0 fully saturated rings. The van der Waals surface area contributed by atoms with Gasteiger partial charge in [0.1, 0.15) is 0 Å². The highest BCUT2D eigenvalue weighted by atomic mass is 16.1. The molecule has 0 unspecified atom stereocenters. The normalized spacial score (nSPS) is 16.1. The third-order valence-corrected chi connectivity index (χ3v) is 2.84. The van der Waals surface area contributed by atoms with Gasteiger partial charge in [0.2, 0.25) is 0 Å². The van der Waals surface area contributed by atoms with E-state index in [1.54, 1.807) is 0 Å². The molecule has 14 heavy (non-hydrogen) atoms. The van der Waals surface area contributed by atoms with E-state index in [1.165, 1.54) is 0 Å². The first-order chi connectivity index (χ1) is 6.61. The molecule has 1 aliphatic carbocycles. The van der Waals surface area contributed by atoms with Gasteiger partial charge in [-0.2, -0.15) is 5.10 Å². The van der Waals surface area contributed by atoms with Crippen molar-refractivity contribution >= 4 is 5.78 Å².